The van der Waals surface area contributed by atoms with Crippen LogP contribution in [0.1, 0.15) is 36.2 Å². The molecule has 2 aromatic heterocycles. The number of esters is 1. The molecule has 0 bridgehead atoms. The van der Waals surface area contributed by atoms with Crippen LogP contribution in [0.4, 0.5) is 13.2 Å². The molecule has 1 aliphatic carbocycles. The van der Waals surface area contributed by atoms with E-state index in [1.807, 2.05) is 17.5 Å². The first kappa shape index (κ1) is 19.8. The average molecular weight is 418 g/mol. The normalized spacial score (nSPS) is 20.3. The monoisotopic (exact) mass is 418 g/mol. The maximum atomic E-state index is 13.1. The van der Waals surface area contributed by atoms with E-state index >= 15 is 0 Å². The Morgan fingerprint density at radius 2 is 2.04 bits per heavy atom. The van der Waals surface area contributed by atoms with Crippen LogP contribution >= 0.6 is 22.7 Å². The Balaban J connectivity index is 1.52. The van der Waals surface area contributed by atoms with Gasteiger partial charge in [0.05, 0.1) is 10.8 Å². The lowest BCUT2D eigenvalue weighted by atomic mass is 9.84. The van der Waals surface area contributed by atoms with Gasteiger partial charge in [-0.2, -0.15) is 13.2 Å². The summed E-state index contributed by atoms with van der Waals surface area (Å²) in [6.07, 6.45) is -2.98. The highest BCUT2D eigenvalue weighted by Gasteiger charge is 2.45. The number of thiophene rings is 1. The van der Waals surface area contributed by atoms with Gasteiger partial charge >= 0.3 is 12.1 Å². The van der Waals surface area contributed by atoms with Crippen molar-refractivity contribution in [1.82, 2.24) is 10.3 Å². The molecular formula is C17H17F3N2O3S2. The Morgan fingerprint density at radius 3 is 2.74 bits per heavy atom. The van der Waals surface area contributed by atoms with Crippen molar-refractivity contribution in [2.75, 3.05) is 6.61 Å². The molecule has 27 heavy (non-hydrogen) atoms. The smallest absolute Gasteiger partial charge is 0.393 e. The minimum absolute atomic E-state index is 0.00143. The standard InChI is InChI=1S/C17H17F3N2O3S2/c18-17(19,20)10-4-1-2-5-11(10)21-14(23)8-25-16(24)12-9-27-15(22-12)13-6-3-7-26-13/h3,6-7,9-11H,1-2,4-5,8H2,(H,21,23). The predicted octanol–water partition coefficient (Wildman–Crippen LogP) is 4.27. The number of ether oxygens (including phenoxy) is 1. The molecule has 5 nitrogen and oxygen atoms in total. The number of amides is 1. The van der Waals surface area contributed by atoms with Gasteiger partial charge < -0.3 is 10.1 Å². The summed E-state index contributed by atoms with van der Waals surface area (Å²) in [5.41, 5.74) is 0.0713. The molecule has 0 radical (unpaired) electrons. The summed E-state index contributed by atoms with van der Waals surface area (Å²) in [7, 11) is 0. The molecule has 0 saturated heterocycles. The van der Waals surface area contributed by atoms with Crippen LogP contribution in [0, 0.1) is 5.92 Å². The summed E-state index contributed by atoms with van der Waals surface area (Å²) in [4.78, 5) is 29.0. The third kappa shape index (κ3) is 5.07. The summed E-state index contributed by atoms with van der Waals surface area (Å²) < 4.78 is 44.1. The Bertz CT molecular complexity index is 790. The van der Waals surface area contributed by atoms with E-state index in [-0.39, 0.29) is 18.5 Å². The fourth-order valence-corrected chi connectivity index (χ4v) is 4.63. The van der Waals surface area contributed by atoms with Crippen molar-refractivity contribution >= 4 is 34.6 Å². The minimum atomic E-state index is -4.35. The van der Waals surface area contributed by atoms with Gasteiger partial charge in [0, 0.05) is 11.4 Å². The number of alkyl halides is 3. The molecule has 10 heteroatoms. The molecule has 2 aromatic rings. The van der Waals surface area contributed by atoms with Gasteiger partial charge in [-0.25, -0.2) is 9.78 Å². The first-order valence-corrected chi connectivity index (χ1v) is 10.1. The van der Waals surface area contributed by atoms with Gasteiger partial charge in [0.2, 0.25) is 0 Å². The Kier molecular flexibility index (Phi) is 6.15. The lowest BCUT2D eigenvalue weighted by molar-refractivity contribution is -0.189. The molecule has 1 aliphatic rings. The zero-order valence-corrected chi connectivity index (χ0v) is 15.8. The van der Waals surface area contributed by atoms with Gasteiger partial charge in [-0.15, -0.1) is 22.7 Å². The van der Waals surface area contributed by atoms with Crippen molar-refractivity contribution < 1.29 is 27.5 Å². The van der Waals surface area contributed by atoms with E-state index < -0.39 is 36.6 Å². The van der Waals surface area contributed by atoms with Gasteiger partial charge in [-0.3, -0.25) is 4.79 Å². The number of carbonyl (C=O) groups excluding carboxylic acids is 2. The van der Waals surface area contributed by atoms with Crippen LogP contribution in [-0.4, -0.2) is 35.7 Å². The number of rotatable bonds is 5. The van der Waals surface area contributed by atoms with Crippen LogP contribution in [0.25, 0.3) is 9.88 Å². The topological polar surface area (TPSA) is 68.3 Å². The third-order valence-corrected chi connectivity index (χ3v) is 6.19. The SMILES string of the molecule is O=C(COC(=O)c1csc(-c2cccs2)n1)NC1CCCCC1C(F)(F)F. The van der Waals surface area contributed by atoms with Crippen molar-refractivity contribution in [1.29, 1.82) is 0 Å². The van der Waals surface area contributed by atoms with Crippen LogP contribution in [0.2, 0.25) is 0 Å². The summed E-state index contributed by atoms with van der Waals surface area (Å²) in [5, 5.41) is 6.43. The quantitative estimate of drug-likeness (QED) is 0.737. The van der Waals surface area contributed by atoms with Crippen LogP contribution < -0.4 is 5.32 Å². The maximum Gasteiger partial charge on any atom is 0.393 e. The fraction of sp³-hybridized carbons (Fsp3) is 0.471. The highest BCUT2D eigenvalue weighted by molar-refractivity contribution is 7.20. The lowest BCUT2D eigenvalue weighted by Crippen LogP contribution is -2.48. The number of thiazole rings is 1. The molecule has 2 atom stereocenters. The van der Waals surface area contributed by atoms with E-state index in [2.05, 4.69) is 10.3 Å². The van der Waals surface area contributed by atoms with Gasteiger partial charge in [-0.05, 0) is 24.3 Å². The largest absolute Gasteiger partial charge is 0.451 e. The average Bonchev–Trinajstić information content (AvgIpc) is 3.30. The number of hydrogen-bond acceptors (Lipinski definition) is 6. The number of nitrogens with one attached hydrogen (secondary N) is 1. The number of hydrogen-bond donors (Lipinski definition) is 1. The van der Waals surface area contributed by atoms with E-state index in [1.165, 1.54) is 28.1 Å². The summed E-state index contributed by atoms with van der Waals surface area (Å²) in [6.45, 7) is -0.633. The van der Waals surface area contributed by atoms with Crippen molar-refractivity contribution in [3.05, 3.63) is 28.6 Å². The summed E-state index contributed by atoms with van der Waals surface area (Å²) in [5.74, 6) is -3.07. The fourth-order valence-electron chi connectivity index (χ4n) is 3.03. The van der Waals surface area contributed by atoms with Gasteiger partial charge in [0.1, 0.15) is 5.01 Å². The first-order valence-electron chi connectivity index (χ1n) is 8.37. The number of aromatic nitrogens is 1. The Labute approximate surface area is 161 Å². The molecule has 2 unspecified atom stereocenters. The second-order valence-electron chi connectivity index (χ2n) is 6.20. The molecule has 2 heterocycles. The second-order valence-corrected chi connectivity index (χ2v) is 8.00. The van der Waals surface area contributed by atoms with E-state index in [1.54, 1.807) is 0 Å². The molecule has 1 amide bonds. The van der Waals surface area contributed by atoms with Crippen LogP contribution in [0.5, 0.6) is 0 Å². The van der Waals surface area contributed by atoms with Crippen LogP contribution in [-0.2, 0) is 9.53 Å². The molecule has 0 aromatic carbocycles. The zero-order chi connectivity index (χ0) is 19.4. The minimum Gasteiger partial charge on any atom is -0.451 e. The first-order chi connectivity index (χ1) is 12.8. The van der Waals surface area contributed by atoms with E-state index in [0.29, 0.717) is 17.8 Å². The molecule has 0 aliphatic heterocycles. The molecule has 1 saturated carbocycles. The zero-order valence-electron chi connectivity index (χ0n) is 14.1. The van der Waals surface area contributed by atoms with Gasteiger partial charge in [-0.1, -0.05) is 18.9 Å². The molecule has 3 rings (SSSR count). The maximum absolute atomic E-state index is 13.1. The predicted molar refractivity (Wildman–Crippen MR) is 95.7 cm³/mol. The number of carbonyl (C=O) groups is 2. The van der Waals surface area contributed by atoms with Crippen molar-refractivity contribution in [2.24, 2.45) is 5.92 Å². The van der Waals surface area contributed by atoms with Gasteiger partial charge in [0.15, 0.2) is 12.3 Å². The highest BCUT2D eigenvalue weighted by atomic mass is 32.1. The molecule has 146 valence electrons. The number of halogens is 3. The van der Waals surface area contributed by atoms with Gasteiger partial charge in [0.25, 0.3) is 5.91 Å². The summed E-state index contributed by atoms with van der Waals surface area (Å²) in [6, 6.07) is 2.76. The second kappa shape index (κ2) is 8.39. The number of nitrogens with zero attached hydrogens (tertiary/aromatic N) is 1. The molecule has 0 spiro atoms. The highest BCUT2D eigenvalue weighted by Crippen LogP contribution is 2.37. The van der Waals surface area contributed by atoms with E-state index in [4.69, 9.17) is 4.74 Å². The van der Waals surface area contributed by atoms with Crippen molar-refractivity contribution in [3.63, 3.8) is 0 Å². The van der Waals surface area contributed by atoms with Crippen molar-refractivity contribution in [2.45, 2.75) is 37.9 Å². The molecule has 1 N–H and O–H groups in total. The van der Waals surface area contributed by atoms with E-state index in [0.717, 1.165) is 4.88 Å². The van der Waals surface area contributed by atoms with E-state index in [9.17, 15) is 22.8 Å². The lowest BCUT2D eigenvalue weighted by Gasteiger charge is -2.33. The Hall–Kier alpha value is -1.94. The van der Waals surface area contributed by atoms with Crippen LogP contribution in [0.3, 0.4) is 0 Å². The molecular weight excluding hydrogens is 401 g/mol. The Morgan fingerprint density at radius 1 is 1.26 bits per heavy atom. The third-order valence-electron chi connectivity index (χ3n) is 4.31. The summed E-state index contributed by atoms with van der Waals surface area (Å²) >= 11 is 2.75. The van der Waals surface area contributed by atoms with Crippen LogP contribution in [0.15, 0.2) is 22.9 Å². The molecule has 1 fully saturated rings. The van der Waals surface area contributed by atoms with Crippen molar-refractivity contribution in [3.8, 4) is 9.88 Å².